The Morgan fingerprint density at radius 2 is 1.91 bits per heavy atom. The maximum absolute atomic E-state index is 12.0. The van der Waals surface area contributed by atoms with E-state index in [-0.39, 0.29) is 5.91 Å². The van der Waals surface area contributed by atoms with Crippen LogP contribution in [0.2, 0.25) is 0 Å². The number of imidazole rings is 1. The minimum Gasteiger partial charge on any atom is -0.491 e. The summed E-state index contributed by atoms with van der Waals surface area (Å²) in [6, 6.07) is 20.2. The van der Waals surface area contributed by atoms with Gasteiger partial charge in [-0.15, -0.1) is 17.9 Å². The summed E-state index contributed by atoms with van der Waals surface area (Å²) >= 11 is 1.47. The summed E-state index contributed by atoms with van der Waals surface area (Å²) in [4.78, 5) is 17.7. The maximum atomic E-state index is 12.0. The van der Waals surface area contributed by atoms with E-state index in [2.05, 4.69) is 40.7 Å². The summed E-state index contributed by atoms with van der Waals surface area (Å²) in [7, 11) is 0. The fourth-order valence-corrected chi connectivity index (χ4v) is 4.70. The minimum atomic E-state index is 0.0199. The van der Waals surface area contributed by atoms with Gasteiger partial charge in [0.1, 0.15) is 18.2 Å². The standard InChI is InChI=1S/C28H31N3O2S/c1-2-11-22-12-5-8-15-25(22)33-20-19-31-24-14-7-6-13-23(24)30-27(31)17-4-3-9-18-29-28(32)26-16-10-21-34-26/h2,5-8,10,12-16,21H,1,3-4,9,11,17-20H2,(H,29,32). The molecule has 2 aromatic carbocycles. The third-order valence-corrected chi connectivity index (χ3v) is 6.62. The molecule has 2 heterocycles. The highest BCUT2D eigenvalue weighted by molar-refractivity contribution is 7.12. The van der Waals surface area contributed by atoms with E-state index in [1.165, 1.54) is 11.3 Å². The molecule has 6 heteroatoms. The molecule has 0 bridgehead atoms. The number of carbonyl (C=O) groups excluding carboxylic acids is 1. The molecular formula is C28H31N3O2S. The molecule has 0 spiro atoms. The number of allylic oxidation sites excluding steroid dienone is 1. The van der Waals surface area contributed by atoms with Crippen LogP contribution in [0.1, 0.15) is 40.3 Å². The highest BCUT2D eigenvalue weighted by Crippen LogP contribution is 2.21. The van der Waals surface area contributed by atoms with Crippen LogP contribution >= 0.6 is 11.3 Å². The number of carbonyl (C=O) groups is 1. The molecule has 0 aliphatic heterocycles. The predicted octanol–water partition coefficient (Wildman–Crippen LogP) is 6.05. The van der Waals surface area contributed by atoms with Gasteiger partial charge in [-0.2, -0.15) is 0 Å². The average molecular weight is 474 g/mol. The molecule has 4 rings (SSSR count). The van der Waals surface area contributed by atoms with Crippen LogP contribution in [0.4, 0.5) is 0 Å². The zero-order chi connectivity index (χ0) is 23.6. The molecule has 1 N–H and O–H groups in total. The number of hydrogen-bond donors (Lipinski definition) is 1. The fourth-order valence-electron chi connectivity index (χ4n) is 4.06. The van der Waals surface area contributed by atoms with Crippen molar-refractivity contribution in [3.8, 4) is 5.75 Å². The van der Waals surface area contributed by atoms with Crippen molar-refractivity contribution in [2.24, 2.45) is 0 Å². The summed E-state index contributed by atoms with van der Waals surface area (Å²) in [5.41, 5.74) is 3.32. The first-order chi connectivity index (χ1) is 16.8. The van der Waals surface area contributed by atoms with Gasteiger partial charge in [0.2, 0.25) is 0 Å². The summed E-state index contributed by atoms with van der Waals surface area (Å²) in [5.74, 6) is 2.02. The highest BCUT2D eigenvalue weighted by Gasteiger charge is 2.11. The third-order valence-electron chi connectivity index (χ3n) is 5.75. The molecule has 176 valence electrons. The van der Waals surface area contributed by atoms with E-state index >= 15 is 0 Å². The van der Waals surface area contributed by atoms with Crippen molar-refractivity contribution in [2.45, 2.75) is 38.6 Å². The first-order valence-electron chi connectivity index (χ1n) is 11.8. The Morgan fingerprint density at radius 3 is 2.76 bits per heavy atom. The Labute approximate surface area is 205 Å². The second-order valence-corrected chi connectivity index (χ2v) is 9.11. The molecule has 0 unspecified atom stereocenters. The zero-order valence-electron chi connectivity index (χ0n) is 19.4. The predicted molar refractivity (Wildman–Crippen MR) is 140 cm³/mol. The third kappa shape index (κ3) is 6.14. The van der Waals surface area contributed by atoms with Crippen molar-refractivity contribution in [2.75, 3.05) is 13.2 Å². The Bertz CT molecular complexity index is 1210. The van der Waals surface area contributed by atoms with Crippen LogP contribution in [-0.4, -0.2) is 28.6 Å². The highest BCUT2D eigenvalue weighted by atomic mass is 32.1. The van der Waals surface area contributed by atoms with Crippen LogP contribution < -0.4 is 10.1 Å². The fraction of sp³-hybridized carbons (Fsp3) is 0.286. The van der Waals surface area contributed by atoms with Crippen LogP contribution in [0.15, 0.2) is 78.7 Å². The molecule has 0 aliphatic carbocycles. The Morgan fingerprint density at radius 1 is 1.06 bits per heavy atom. The van der Waals surface area contributed by atoms with Crippen molar-refractivity contribution in [1.82, 2.24) is 14.9 Å². The molecule has 0 saturated carbocycles. The summed E-state index contributed by atoms with van der Waals surface area (Å²) in [6.45, 7) is 5.87. The Balaban J connectivity index is 1.30. The molecule has 34 heavy (non-hydrogen) atoms. The zero-order valence-corrected chi connectivity index (χ0v) is 20.2. The lowest BCUT2D eigenvalue weighted by Crippen LogP contribution is -2.23. The molecule has 0 atom stereocenters. The molecule has 2 aromatic heterocycles. The number of fused-ring (bicyclic) bond motifs is 1. The first-order valence-corrected chi connectivity index (χ1v) is 12.7. The van der Waals surface area contributed by atoms with E-state index < -0.39 is 0 Å². The van der Waals surface area contributed by atoms with Crippen molar-refractivity contribution in [3.63, 3.8) is 0 Å². The smallest absolute Gasteiger partial charge is 0.261 e. The summed E-state index contributed by atoms with van der Waals surface area (Å²) < 4.78 is 8.42. The molecule has 0 saturated heterocycles. The number of aromatic nitrogens is 2. The van der Waals surface area contributed by atoms with Crippen molar-refractivity contribution in [1.29, 1.82) is 0 Å². The molecule has 0 aliphatic rings. The molecule has 5 nitrogen and oxygen atoms in total. The van der Waals surface area contributed by atoms with Gasteiger partial charge in [-0.25, -0.2) is 4.98 Å². The largest absolute Gasteiger partial charge is 0.491 e. The van der Waals surface area contributed by atoms with Gasteiger partial charge in [0.05, 0.1) is 22.5 Å². The van der Waals surface area contributed by atoms with Gasteiger partial charge in [0.15, 0.2) is 0 Å². The van der Waals surface area contributed by atoms with Gasteiger partial charge in [0.25, 0.3) is 5.91 Å². The van der Waals surface area contributed by atoms with Crippen LogP contribution in [0.3, 0.4) is 0 Å². The normalized spacial score (nSPS) is 10.9. The number of nitrogens with one attached hydrogen (secondary N) is 1. The second kappa shape index (κ2) is 12.2. The number of rotatable bonds is 13. The number of nitrogens with zero attached hydrogens (tertiary/aromatic N) is 2. The van der Waals surface area contributed by atoms with Crippen molar-refractivity contribution in [3.05, 3.63) is 95.0 Å². The summed E-state index contributed by atoms with van der Waals surface area (Å²) in [6.07, 6.45) is 6.63. The number of aryl methyl sites for hydroxylation is 1. The monoisotopic (exact) mass is 473 g/mol. The van der Waals surface area contributed by atoms with Gasteiger partial charge >= 0.3 is 0 Å². The quantitative estimate of drug-likeness (QED) is 0.190. The lowest BCUT2D eigenvalue weighted by Gasteiger charge is -2.13. The van der Waals surface area contributed by atoms with Crippen LogP contribution in [0, 0.1) is 0 Å². The Kier molecular flexibility index (Phi) is 8.52. The van der Waals surface area contributed by atoms with E-state index in [1.807, 2.05) is 47.9 Å². The van der Waals surface area contributed by atoms with Gasteiger partial charge in [-0.1, -0.05) is 48.9 Å². The van der Waals surface area contributed by atoms with E-state index in [9.17, 15) is 4.79 Å². The van der Waals surface area contributed by atoms with Crippen molar-refractivity contribution < 1.29 is 9.53 Å². The summed E-state index contributed by atoms with van der Waals surface area (Å²) in [5, 5.41) is 4.92. The number of hydrogen-bond acceptors (Lipinski definition) is 4. The maximum Gasteiger partial charge on any atom is 0.261 e. The lowest BCUT2D eigenvalue weighted by atomic mass is 10.1. The minimum absolute atomic E-state index is 0.0199. The van der Waals surface area contributed by atoms with Crippen LogP contribution in [0.5, 0.6) is 5.75 Å². The van der Waals surface area contributed by atoms with Gasteiger partial charge in [-0.3, -0.25) is 4.79 Å². The van der Waals surface area contributed by atoms with Crippen LogP contribution in [-0.2, 0) is 19.4 Å². The van der Waals surface area contributed by atoms with Crippen molar-refractivity contribution >= 4 is 28.3 Å². The van der Waals surface area contributed by atoms with Gasteiger partial charge in [0, 0.05) is 13.0 Å². The second-order valence-electron chi connectivity index (χ2n) is 8.16. The number of unbranched alkanes of at least 4 members (excludes halogenated alkanes) is 2. The van der Waals surface area contributed by atoms with E-state index in [0.29, 0.717) is 13.2 Å². The molecule has 4 aromatic rings. The molecular weight excluding hydrogens is 442 g/mol. The molecule has 0 radical (unpaired) electrons. The number of para-hydroxylation sites is 3. The number of thiophene rings is 1. The topological polar surface area (TPSA) is 56.1 Å². The number of amides is 1. The molecule has 1 amide bonds. The Hall–Kier alpha value is -3.38. The van der Waals surface area contributed by atoms with E-state index in [4.69, 9.17) is 9.72 Å². The van der Waals surface area contributed by atoms with E-state index in [0.717, 1.165) is 71.7 Å². The number of ether oxygens (including phenoxy) is 1. The van der Waals surface area contributed by atoms with Gasteiger partial charge in [-0.05, 0) is 54.5 Å². The molecule has 0 fully saturated rings. The number of benzene rings is 2. The van der Waals surface area contributed by atoms with E-state index in [1.54, 1.807) is 0 Å². The lowest BCUT2D eigenvalue weighted by molar-refractivity contribution is 0.0957. The first kappa shape index (κ1) is 23.8. The van der Waals surface area contributed by atoms with Crippen LogP contribution in [0.25, 0.3) is 11.0 Å². The average Bonchev–Trinajstić information content (AvgIpc) is 3.51. The van der Waals surface area contributed by atoms with Gasteiger partial charge < -0.3 is 14.6 Å². The SMILES string of the molecule is C=CCc1ccccc1OCCn1c(CCCCCNC(=O)c2cccs2)nc2ccccc21.